The van der Waals surface area contributed by atoms with Gasteiger partial charge in [-0.15, -0.1) is 12.4 Å². The number of rotatable bonds is 4. The highest BCUT2D eigenvalue weighted by Crippen LogP contribution is 2.40. The van der Waals surface area contributed by atoms with Crippen LogP contribution in [0.4, 0.5) is 20.2 Å². The van der Waals surface area contributed by atoms with Crippen LogP contribution in [0.15, 0.2) is 41.1 Å². The molecule has 0 spiro atoms. The standard InChI is InChI=1S/C20H15F2N5O.ClH/c1-10-2-6-13-17(25-12-5-7-15(21)16(22)8-12)14(9-23-19(13)24-10)20-26-18(27-28-20)11-3-4-11;/h2,5-9,11H,3-4H2,1H3,(H,23,24,25);1H. The summed E-state index contributed by atoms with van der Waals surface area (Å²) in [6.07, 6.45) is 3.71. The van der Waals surface area contributed by atoms with Gasteiger partial charge in [-0.05, 0) is 44.0 Å². The van der Waals surface area contributed by atoms with Crippen molar-refractivity contribution in [3.63, 3.8) is 0 Å². The summed E-state index contributed by atoms with van der Waals surface area (Å²) in [5.41, 5.74) is 2.89. The van der Waals surface area contributed by atoms with E-state index in [4.69, 9.17) is 4.52 Å². The van der Waals surface area contributed by atoms with Crippen LogP contribution in [-0.4, -0.2) is 20.1 Å². The molecule has 4 aromatic rings. The maximum Gasteiger partial charge on any atom is 0.261 e. The molecule has 0 amide bonds. The lowest BCUT2D eigenvalue weighted by molar-refractivity contribution is 0.423. The van der Waals surface area contributed by atoms with E-state index in [9.17, 15) is 8.78 Å². The summed E-state index contributed by atoms with van der Waals surface area (Å²) in [6, 6.07) is 7.35. The number of fused-ring (bicyclic) bond motifs is 1. The van der Waals surface area contributed by atoms with Gasteiger partial charge in [0.1, 0.15) is 0 Å². The van der Waals surface area contributed by atoms with Crippen molar-refractivity contribution in [3.05, 3.63) is 59.7 Å². The molecule has 0 bridgehead atoms. The van der Waals surface area contributed by atoms with Crippen molar-refractivity contribution < 1.29 is 13.3 Å². The molecule has 1 aliphatic rings. The number of benzene rings is 1. The highest BCUT2D eigenvalue weighted by Gasteiger charge is 2.29. The van der Waals surface area contributed by atoms with Gasteiger partial charge in [-0.3, -0.25) is 0 Å². The predicted molar refractivity (Wildman–Crippen MR) is 106 cm³/mol. The summed E-state index contributed by atoms with van der Waals surface area (Å²) in [4.78, 5) is 13.3. The number of anilines is 2. The fraction of sp³-hybridized carbons (Fsp3) is 0.200. The number of nitrogens with one attached hydrogen (secondary N) is 1. The van der Waals surface area contributed by atoms with E-state index < -0.39 is 11.6 Å². The molecule has 0 aliphatic heterocycles. The molecule has 0 saturated heterocycles. The molecule has 1 saturated carbocycles. The van der Waals surface area contributed by atoms with Crippen LogP contribution in [0.25, 0.3) is 22.5 Å². The normalized spacial score (nSPS) is 13.3. The van der Waals surface area contributed by atoms with Crippen molar-refractivity contribution in [2.45, 2.75) is 25.7 Å². The highest BCUT2D eigenvalue weighted by molar-refractivity contribution is 5.98. The van der Waals surface area contributed by atoms with Crippen molar-refractivity contribution in [2.75, 3.05) is 5.32 Å². The van der Waals surface area contributed by atoms with E-state index in [0.717, 1.165) is 30.7 Å². The number of aromatic nitrogens is 4. The lowest BCUT2D eigenvalue weighted by Crippen LogP contribution is -1.99. The SMILES string of the molecule is Cc1ccc2c(Nc3ccc(F)c(F)c3)c(-c3nc(C4CC4)no3)cnc2n1.Cl. The van der Waals surface area contributed by atoms with Crippen LogP contribution in [0.2, 0.25) is 0 Å². The summed E-state index contributed by atoms with van der Waals surface area (Å²) >= 11 is 0. The second kappa shape index (κ2) is 7.36. The summed E-state index contributed by atoms with van der Waals surface area (Å²) < 4.78 is 32.4. The number of hydrogen-bond acceptors (Lipinski definition) is 6. The molecule has 0 atom stereocenters. The second-order valence-electron chi connectivity index (χ2n) is 6.86. The van der Waals surface area contributed by atoms with Crippen LogP contribution in [0, 0.1) is 18.6 Å². The van der Waals surface area contributed by atoms with Crippen LogP contribution >= 0.6 is 12.4 Å². The summed E-state index contributed by atoms with van der Waals surface area (Å²) in [5, 5.41) is 7.90. The molecule has 1 N–H and O–H groups in total. The third-order valence-corrected chi connectivity index (χ3v) is 4.67. The van der Waals surface area contributed by atoms with E-state index in [1.165, 1.54) is 6.07 Å². The Morgan fingerprint density at radius 2 is 1.90 bits per heavy atom. The van der Waals surface area contributed by atoms with Gasteiger partial charge >= 0.3 is 0 Å². The van der Waals surface area contributed by atoms with Gasteiger partial charge in [-0.2, -0.15) is 4.98 Å². The molecule has 3 aromatic heterocycles. The Labute approximate surface area is 170 Å². The minimum atomic E-state index is -0.937. The molecule has 0 unspecified atom stereocenters. The van der Waals surface area contributed by atoms with Crippen LogP contribution in [0.5, 0.6) is 0 Å². The maximum atomic E-state index is 13.7. The average Bonchev–Trinajstić information content (AvgIpc) is 3.42. The molecule has 29 heavy (non-hydrogen) atoms. The highest BCUT2D eigenvalue weighted by atomic mass is 35.5. The Kier molecular flexibility index (Phi) is 4.87. The van der Waals surface area contributed by atoms with Gasteiger partial charge < -0.3 is 9.84 Å². The van der Waals surface area contributed by atoms with E-state index in [-0.39, 0.29) is 12.4 Å². The van der Waals surface area contributed by atoms with E-state index in [0.29, 0.717) is 45.6 Å². The Morgan fingerprint density at radius 3 is 2.66 bits per heavy atom. The molecule has 1 aliphatic carbocycles. The number of nitrogens with zero attached hydrogens (tertiary/aromatic N) is 4. The van der Waals surface area contributed by atoms with Gasteiger partial charge in [0.15, 0.2) is 23.1 Å². The first-order chi connectivity index (χ1) is 13.6. The van der Waals surface area contributed by atoms with E-state index >= 15 is 0 Å². The van der Waals surface area contributed by atoms with Crippen molar-refractivity contribution >= 4 is 34.8 Å². The van der Waals surface area contributed by atoms with Crippen molar-refractivity contribution in [2.24, 2.45) is 0 Å². The monoisotopic (exact) mass is 415 g/mol. The van der Waals surface area contributed by atoms with Crippen LogP contribution < -0.4 is 5.32 Å². The van der Waals surface area contributed by atoms with Gasteiger partial charge in [-0.1, -0.05) is 5.16 Å². The molecule has 148 valence electrons. The minimum Gasteiger partial charge on any atom is -0.354 e. The van der Waals surface area contributed by atoms with E-state index in [2.05, 4.69) is 25.4 Å². The smallest absolute Gasteiger partial charge is 0.261 e. The first kappa shape index (κ1) is 19.2. The van der Waals surface area contributed by atoms with Crippen LogP contribution in [0.3, 0.4) is 0 Å². The topological polar surface area (TPSA) is 76.7 Å². The predicted octanol–water partition coefficient (Wildman–Crippen LogP) is 5.31. The molecule has 1 fully saturated rings. The molecule has 9 heteroatoms. The summed E-state index contributed by atoms with van der Waals surface area (Å²) in [6.45, 7) is 1.87. The maximum absolute atomic E-state index is 13.7. The minimum absolute atomic E-state index is 0. The number of halogens is 3. The van der Waals surface area contributed by atoms with E-state index in [1.807, 2.05) is 19.1 Å². The third-order valence-electron chi connectivity index (χ3n) is 4.67. The number of aryl methyl sites for hydroxylation is 1. The van der Waals surface area contributed by atoms with Crippen LogP contribution in [0.1, 0.15) is 30.3 Å². The quantitative estimate of drug-likeness (QED) is 0.486. The molecular formula is C20H16ClF2N5O. The molecular weight excluding hydrogens is 400 g/mol. The Balaban J connectivity index is 0.00000205. The zero-order valence-electron chi connectivity index (χ0n) is 15.3. The zero-order valence-corrected chi connectivity index (χ0v) is 16.1. The first-order valence-corrected chi connectivity index (χ1v) is 8.91. The van der Waals surface area contributed by atoms with Gasteiger partial charge in [0.2, 0.25) is 0 Å². The largest absolute Gasteiger partial charge is 0.354 e. The first-order valence-electron chi connectivity index (χ1n) is 8.91. The zero-order chi connectivity index (χ0) is 19.3. The van der Waals surface area contributed by atoms with Gasteiger partial charge in [0.25, 0.3) is 5.89 Å². The van der Waals surface area contributed by atoms with Gasteiger partial charge in [-0.25, -0.2) is 18.7 Å². The van der Waals surface area contributed by atoms with Crippen molar-refractivity contribution in [1.29, 1.82) is 0 Å². The summed E-state index contributed by atoms with van der Waals surface area (Å²) in [7, 11) is 0. The lowest BCUT2D eigenvalue weighted by atomic mass is 10.1. The fourth-order valence-corrected chi connectivity index (χ4v) is 3.04. The van der Waals surface area contributed by atoms with Crippen molar-refractivity contribution in [3.8, 4) is 11.5 Å². The Hall–Kier alpha value is -3.13. The molecule has 1 aromatic carbocycles. The van der Waals surface area contributed by atoms with Crippen molar-refractivity contribution in [1.82, 2.24) is 20.1 Å². The molecule has 3 heterocycles. The van der Waals surface area contributed by atoms with Crippen LogP contribution in [-0.2, 0) is 0 Å². The third kappa shape index (κ3) is 3.63. The Morgan fingerprint density at radius 1 is 1.07 bits per heavy atom. The average molecular weight is 416 g/mol. The van der Waals surface area contributed by atoms with Gasteiger partial charge in [0, 0.05) is 34.9 Å². The molecule has 0 radical (unpaired) electrons. The fourth-order valence-electron chi connectivity index (χ4n) is 3.04. The second-order valence-corrected chi connectivity index (χ2v) is 6.86. The van der Waals surface area contributed by atoms with Gasteiger partial charge in [0.05, 0.1) is 11.3 Å². The van der Waals surface area contributed by atoms with E-state index in [1.54, 1.807) is 6.20 Å². The molecule has 6 nitrogen and oxygen atoms in total. The number of hydrogen-bond donors (Lipinski definition) is 1. The lowest BCUT2D eigenvalue weighted by Gasteiger charge is -2.13. The summed E-state index contributed by atoms with van der Waals surface area (Å²) in [5.74, 6) is -0.503. The number of pyridine rings is 2. The molecule has 5 rings (SSSR count). The Bertz CT molecular complexity index is 1210.